The number of rotatable bonds is 9. The summed E-state index contributed by atoms with van der Waals surface area (Å²) in [6.45, 7) is 2.76. The molecule has 0 saturated carbocycles. The van der Waals surface area contributed by atoms with Crippen LogP contribution >= 0.6 is 15.9 Å². The highest BCUT2D eigenvalue weighted by atomic mass is 79.9. The van der Waals surface area contributed by atoms with Crippen molar-refractivity contribution >= 4 is 21.6 Å². The maximum absolute atomic E-state index is 11.2. The van der Waals surface area contributed by atoms with Crippen LogP contribution in [0, 0.1) is 0 Å². The number of nitrogens with one attached hydrogen (secondary N) is 2. The first-order valence-electron chi connectivity index (χ1n) is 5.79. The van der Waals surface area contributed by atoms with E-state index in [4.69, 9.17) is 9.47 Å². The van der Waals surface area contributed by atoms with Gasteiger partial charge in [0.05, 0.1) is 25.1 Å². The topological polar surface area (TPSA) is 76.2 Å². The molecule has 0 atom stereocenters. The Kier molecular flexibility index (Phi) is 7.63. The predicted octanol–water partition coefficient (Wildman–Crippen LogP) is 1.39. The third-order valence-corrected chi connectivity index (χ3v) is 3.05. The van der Waals surface area contributed by atoms with Crippen molar-refractivity contribution in [2.75, 3.05) is 38.8 Å². The van der Waals surface area contributed by atoms with Crippen LogP contribution in [0.25, 0.3) is 0 Å². The fourth-order valence-corrected chi connectivity index (χ4v) is 1.63. The van der Waals surface area contributed by atoms with Crippen molar-refractivity contribution in [2.45, 2.75) is 12.8 Å². The maximum Gasteiger partial charge on any atom is 0.280 e. The van der Waals surface area contributed by atoms with Crippen LogP contribution in [0.15, 0.2) is 15.5 Å². The summed E-state index contributed by atoms with van der Waals surface area (Å²) in [5.74, 6) is 0. The molecule has 0 aliphatic carbocycles. The number of anilines is 1. The molecule has 0 bridgehead atoms. The van der Waals surface area contributed by atoms with E-state index in [9.17, 15) is 4.79 Å². The average molecular weight is 320 g/mol. The minimum Gasteiger partial charge on any atom is -0.383 e. The molecule has 1 aromatic rings. The molecule has 102 valence electrons. The Bertz CT molecular complexity index is 397. The van der Waals surface area contributed by atoms with Crippen LogP contribution in [0.3, 0.4) is 0 Å². The minimum atomic E-state index is -0.233. The van der Waals surface area contributed by atoms with Gasteiger partial charge in [-0.3, -0.25) is 4.79 Å². The number of methoxy groups -OCH3 is 1. The van der Waals surface area contributed by atoms with Gasteiger partial charge >= 0.3 is 0 Å². The van der Waals surface area contributed by atoms with Crippen molar-refractivity contribution in [3.8, 4) is 0 Å². The van der Waals surface area contributed by atoms with Gasteiger partial charge in [0.1, 0.15) is 4.47 Å². The first-order chi connectivity index (χ1) is 8.75. The lowest BCUT2D eigenvalue weighted by Crippen LogP contribution is -2.13. The molecule has 0 fully saturated rings. The van der Waals surface area contributed by atoms with Gasteiger partial charge in [-0.1, -0.05) is 0 Å². The second kappa shape index (κ2) is 9.07. The van der Waals surface area contributed by atoms with Gasteiger partial charge in [0.2, 0.25) is 0 Å². The number of nitrogens with zero attached hydrogens (tertiary/aromatic N) is 1. The summed E-state index contributed by atoms with van der Waals surface area (Å²) in [6, 6.07) is 0. The fourth-order valence-electron chi connectivity index (χ4n) is 1.30. The van der Waals surface area contributed by atoms with E-state index < -0.39 is 0 Å². The second-order valence-corrected chi connectivity index (χ2v) is 4.46. The molecule has 0 spiro atoms. The summed E-state index contributed by atoms with van der Waals surface area (Å²) in [6.07, 6.45) is 3.51. The SMILES string of the molecule is COCCOCCCCNc1cn[nH]c(=O)c1Br. The summed E-state index contributed by atoms with van der Waals surface area (Å²) < 4.78 is 10.7. The number of hydrogen-bond donors (Lipinski definition) is 2. The third kappa shape index (κ3) is 5.61. The Morgan fingerprint density at radius 1 is 1.39 bits per heavy atom. The first-order valence-corrected chi connectivity index (χ1v) is 6.58. The van der Waals surface area contributed by atoms with Gasteiger partial charge in [-0.05, 0) is 28.8 Å². The molecule has 0 radical (unpaired) electrons. The molecule has 1 aromatic heterocycles. The minimum absolute atomic E-state index is 0.233. The van der Waals surface area contributed by atoms with E-state index in [1.165, 1.54) is 0 Å². The highest BCUT2D eigenvalue weighted by Crippen LogP contribution is 2.14. The highest BCUT2D eigenvalue weighted by Gasteiger charge is 2.02. The van der Waals surface area contributed by atoms with Crippen molar-refractivity contribution in [2.24, 2.45) is 0 Å². The van der Waals surface area contributed by atoms with Crippen LogP contribution in [-0.4, -0.2) is 43.7 Å². The Labute approximate surface area is 114 Å². The number of aromatic nitrogens is 2. The molecule has 0 aliphatic heterocycles. The van der Waals surface area contributed by atoms with E-state index in [0.717, 1.165) is 26.0 Å². The zero-order chi connectivity index (χ0) is 13.2. The Hall–Kier alpha value is -0.920. The standard InChI is InChI=1S/C11H18BrN3O3/c1-17-6-7-18-5-3-2-4-13-9-8-14-15-11(16)10(9)12/h8H,2-7H2,1H3,(H2,13,15,16). The summed E-state index contributed by atoms with van der Waals surface area (Å²) in [4.78, 5) is 11.2. The van der Waals surface area contributed by atoms with E-state index in [0.29, 0.717) is 23.4 Å². The zero-order valence-electron chi connectivity index (χ0n) is 10.4. The number of hydrogen-bond acceptors (Lipinski definition) is 5. The molecule has 0 amide bonds. The van der Waals surface area contributed by atoms with E-state index >= 15 is 0 Å². The van der Waals surface area contributed by atoms with E-state index in [1.807, 2.05) is 0 Å². The molecule has 0 aliphatic rings. The largest absolute Gasteiger partial charge is 0.383 e. The van der Waals surface area contributed by atoms with Crippen LogP contribution in [0.2, 0.25) is 0 Å². The third-order valence-electron chi connectivity index (χ3n) is 2.26. The lowest BCUT2D eigenvalue weighted by molar-refractivity contribution is 0.0691. The van der Waals surface area contributed by atoms with Crippen molar-refractivity contribution in [1.29, 1.82) is 0 Å². The normalized spacial score (nSPS) is 10.6. The maximum atomic E-state index is 11.2. The zero-order valence-corrected chi connectivity index (χ0v) is 12.0. The van der Waals surface area contributed by atoms with Crippen LogP contribution in [0.1, 0.15) is 12.8 Å². The van der Waals surface area contributed by atoms with Gasteiger partial charge in [-0.25, -0.2) is 5.10 Å². The summed E-state index contributed by atoms with van der Waals surface area (Å²) in [5.41, 5.74) is 0.474. The van der Waals surface area contributed by atoms with Gasteiger partial charge in [-0.15, -0.1) is 0 Å². The Morgan fingerprint density at radius 3 is 3.00 bits per heavy atom. The Balaban J connectivity index is 2.11. The number of unbranched alkanes of at least 4 members (excludes halogenated alkanes) is 1. The smallest absolute Gasteiger partial charge is 0.280 e. The molecule has 6 nitrogen and oxygen atoms in total. The van der Waals surface area contributed by atoms with Crippen molar-refractivity contribution in [3.05, 3.63) is 21.0 Å². The summed E-state index contributed by atoms with van der Waals surface area (Å²) in [7, 11) is 1.65. The molecule has 0 aromatic carbocycles. The molecule has 0 unspecified atom stereocenters. The van der Waals surface area contributed by atoms with E-state index in [2.05, 4.69) is 31.4 Å². The molecule has 7 heteroatoms. The van der Waals surface area contributed by atoms with Crippen molar-refractivity contribution in [3.63, 3.8) is 0 Å². The first kappa shape index (κ1) is 15.1. The highest BCUT2D eigenvalue weighted by molar-refractivity contribution is 9.10. The average Bonchev–Trinajstić information content (AvgIpc) is 2.37. The number of aromatic amines is 1. The van der Waals surface area contributed by atoms with E-state index in [1.54, 1.807) is 13.3 Å². The molecule has 0 saturated heterocycles. The summed E-state index contributed by atoms with van der Waals surface area (Å²) >= 11 is 3.21. The van der Waals surface area contributed by atoms with Gasteiger partial charge in [0.15, 0.2) is 0 Å². The monoisotopic (exact) mass is 319 g/mol. The van der Waals surface area contributed by atoms with Crippen molar-refractivity contribution < 1.29 is 9.47 Å². The molecule has 1 rings (SSSR count). The van der Waals surface area contributed by atoms with Crippen LogP contribution in [0.5, 0.6) is 0 Å². The predicted molar refractivity (Wildman–Crippen MR) is 73.0 cm³/mol. The van der Waals surface area contributed by atoms with Crippen LogP contribution < -0.4 is 10.9 Å². The number of halogens is 1. The van der Waals surface area contributed by atoms with Crippen molar-refractivity contribution in [1.82, 2.24) is 10.2 Å². The van der Waals surface area contributed by atoms with Crippen LogP contribution in [-0.2, 0) is 9.47 Å². The second-order valence-electron chi connectivity index (χ2n) is 3.67. The van der Waals surface area contributed by atoms with E-state index in [-0.39, 0.29) is 5.56 Å². The molecular weight excluding hydrogens is 302 g/mol. The lowest BCUT2D eigenvalue weighted by Gasteiger charge is -2.07. The number of ether oxygens (including phenoxy) is 2. The number of H-pyrrole nitrogens is 1. The molecular formula is C11H18BrN3O3. The molecule has 2 N–H and O–H groups in total. The van der Waals surface area contributed by atoms with Crippen LogP contribution in [0.4, 0.5) is 5.69 Å². The van der Waals surface area contributed by atoms with Gasteiger partial charge in [0, 0.05) is 20.3 Å². The summed E-state index contributed by atoms with van der Waals surface area (Å²) in [5, 5.41) is 9.22. The quantitative estimate of drug-likeness (QED) is 0.673. The van der Waals surface area contributed by atoms with Gasteiger partial charge < -0.3 is 14.8 Å². The van der Waals surface area contributed by atoms with Gasteiger partial charge in [0.25, 0.3) is 5.56 Å². The van der Waals surface area contributed by atoms with Gasteiger partial charge in [-0.2, -0.15) is 5.10 Å². The Morgan fingerprint density at radius 2 is 2.22 bits per heavy atom. The molecule has 1 heterocycles. The molecule has 18 heavy (non-hydrogen) atoms. The fraction of sp³-hybridized carbons (Fsp3) is 0.636. The lowest BCUT2D eigenvalue weighted by atomic mass is 10.3.